The minimum Gasteiger partial charge on any atom is -0.344 e. The van der Waals surface area contributed by atoms with E-state index in [1.54, 1.807) is 31.5 Å². The molecule has 0 bridgehead atoms. The summed E-state index contributed by atoms with van der Waals surface area (Å²) in [6.07, 6.45) is 2.76. The molecule has 0 unspecified atom stereocenters. The third-order valence-corrected chi connectivity index (χ3v) is 4.56. The molecular formula is C21H18FN5O. The van der Waals surface area contributed by atoms with Gasteiger partial charge < -0.3 is 5.32 Å². The predicted molar refractivity (Wildman–Crippen MR) is 103 cm³/mol. The molecule has 0 spiro atoms. The van der Waals surface area contributed by atoms with Crippen LogP contribution in [0.2, 0.25) is 0 Å². The number of pyridine rings is 2. The lowest BCUT2D eigenvalue weighted by molar-refractivity contribution is 0.0939. The summed E-state index contributed by atoms with van der Waals surface area (Å²) in [7, 11) is 0. The Bertz CT molecular complexity index is 1140. The van der Waals surface area contributed by atoms with E-state index in [1.165, 1.54) is 6.07 Å². The topological polar surface area (TPSA) is 72.2 Å². The Kier molecular flexibility index (Phi) is 4.57. The quantitative estimate of drug-likeness (QED) is 0.590. The molecule has 0 radical (unpaired) electrons. The summed E-state index contributed by atoms with van der Waals surface area (Å²) in [6, 6.07) is 14.0. The van der Waals surface area contributed by atoms with Crippen molar-refractivity contribution in [1.82, 2.24) is 24.9 Å². The number of halogens is 1. The van der Waals surface area contributed by atoms with Crippen LogP contribution in [0.25, 0.3) is 16.9 Å². The Labute approximate surface area is 161 Å². The van der Waals surface area contributed by atoms with Gasteiger partial charge in [0.15, 0.2) is 5.65 Å². The second-order valence-electron chi connectivity index (χ2n) is 6.65. The fraction of sp³-hybridized carbons (Fsp3) is 0.143. The van der Waals surface area contributed by atoms with Gasteiger partial charge in [-0.1, -0.05) is 29.8 Å². The van der Waals surface area contributed by atoms with E-state index in [-0.39, 0.29) is 11.9 Å². The van der Waals surface area contributed by atoms with Gasteiger partial charge in [-0.2, -0.15) is 0 Å². The first kappa shape index (κ1) is 17.8. The maximum absolute atomic E-state index is 13.1. The molecule has 6 nitrogen and oxygen atoms in total. The van der Waals surface area contributed by atoms with Crippen LogP contribution in [0.15, 0.2) is 61.1 Å². The highest BCUT2D eigenvalue weighted by Gasteiger charge is 2.16. The van der Waals surface area contributed by atoms with Crippen LogP contribution in [0.5, 0.6) is 0 Å². The molecule has 0 saturated heterocycles. The second-order valence-corrected chi connectivity index (χ2v) is 6.65. The van der Waals surface area contributed by atoms with Gasteiger partial charge in [0, 0.05) is 5.56 Å². The lowest BCUT2D eigenvalue weighted by Crippen LogP contribution is -2.27. The van der Waals surface area contributed by atoms with Gasteiger partial charge in [-0.3, -0.25) is 14.2 Å². The highest BCUT2D eigenvalue weighted by molar-refractivity contribution is 5.96. The number of rotatable bonds is 4. The summed E-state index contributed by atoms with van der Waals surface area (Å²) in [5.41, 5.74) is 4.55. The fourth-order valence-electron chi connectivity index (χ4n) is 3.00. The van der Waals surface area contributed by atoms with Gasteiger partial charge in [0.05, 0.1) is 23.6 Å². The van der Waals surface area contributed by atoms with E-state index in [4.69, 9.17) is 0 Å². The zero-order chi connectivity index (χ0) is 19.7. The molecule has 4 rings (SSSR count). The number of aromatic nitrogens is 4. The second kappa shape index (κ2) is 7.19. The van der Waals surface area contributed by atoms with E-state index in [1.807, 2.05) is 35.6 Å². The van der Waals surface area contributed by atoms with E-state index in [0.717, 1.165) is 23.0 Å². The van der Waals surface area contributed by atoms with Crippen LogP contribution in [0.3, 0.4) is 0 Å². The summed E-state index contributed by atoms with van der Waals surface area (Å²) in [5, 5.41) is 10.9. The SMILES string of the molecule is Cc1ccc(-c2cc(C(=O)N[C@H](C)c3ccc(F)cn3)cc3nncn23)cc1. The van der Waals surface area contributed by atoms with Crippen molar-refractivity contribution in [2.45, 2.75) is 19.9 Å². The molecule has 3 heterocycles. The van der Waals surface area contributed by atoms with Crippen LogP contribution >= 0.6 is 0 Å². The third kappa shape index (κ3) is 3.46. The molecule has 1 amide bonds. The molecule has 1 aromatic carbocycles. The van der Waals surface area contributed by atoms with E-state index >= 15 is 0 Å². The standard InChI is InChI=1S/C21H18FN5O/c1-13-3-5-15(6-4-13)19-9-16(10-20-26-24-12-27(19)20)21(28)25-14(2)18-8-7-17(22)11-23-18/h3-12,14H,1-2H3,(H,25,28)/t14-/m1/s1. The Balaban J connectivity index is 1.67. The van der Waals surface area contributed by atoms with Crippen LogP contribution in [0.4, 0.5) is 4.39 Å². The minimum atomic E-state index is -0.415. The van der Waals surface area contributed by atoms with Crippen molar-refractivity contribution in [2.24, 2.45) is 0 Å². The molecular weight excluding hydrogens is 357 g/mol. The maximum atomic E-state index is 13.1. The molecule has 1 atom stereocenters. The number of hydrogen-bond acceptors (Lipinski definition) is 4. The zero-order valence-corrected chi connectivity index (χ0v) is 15.4. The normalized spacial score (nSPS) is 12.1. The molecule has 3 aromatic heterocycles. The first-order valence-electron chi connectivity index (χ1n) is 8.84. The maximum Gasteiger partial charge on any atom is 0.252 e. The highest BCUT2D eigenvalue weighted by Crippen LogP contribution is 2.23. The monoisotopic (exact) mass is 375 g/mol. The van der Waals surface area contributed by atoms with E-state index in [2.05, 4.69) is 20.5 Å². The van der Waals surface area contributed by atoms with Crippen molar-refractivity contribution >= 4 is 11.6 Å². The Hall–Kier alpha value is -3.61. The lowest BCUT2D eigenvalue weighted by Gasteiger charge is -2.14. The van der Waals surface area contributed by atoms with Crippen molar-refractivity contribution in [1.29, 1.82) is 0 Å². The van der Waals surface area contributed by atoms with Crippen molar-refractivity contribution in [3.05, 3.63) is 83.7 Å². The van der Waals surface area contributed by atoms with Gasteiger partial charge in [-0.15, -0.1) is 10.2 Å². The summed E-state index contributed by atoms with van der Waals surface area (Å²) in [4.78, 5) is 16.9. The smallest absolute Gasteiger partial charge is 0.252 e. The van der Waals surface area contributed by atoms with Gasteiger partial charge in [0.25, 0.3) is 5.91 Å². The minimum absolute atomic E-state index is 0.266. The lowest BCUT2D eigenvalue weighted by atomic mass is 10.1. The highest BCUT2D eigenvalue weighted by atomic mass is 19.1. The summed E-state index contributed by atoms with van der Waals surface area (Å²) in [5.74, 6) is -0.681. The van der Waals surface area contributed by atoms with E-state index in [0.29, 0.717) is 16.9 Å². The van der Waals surface area contributed by atoms with Crippen LogP contribution in [-0.4, -0.2) is 25.5 Å². The third-order valence-electron chi connectivity index (χ3n) is 4.56. The van der Waals surface area contributed by atoms with Crippen molar-refractivity contribution < 1.29 is 9.18 Å². The summed E-state index contributed by atoms with van der Waals surface area (Å²) < 4.78 is 14.9. The number of carbonyl (C=O) groups is 1. The van der Waals surface area contributed by atoms with Crippen LogP contribution < -0.4 is 5.32 Å². The summed E-state index contributed by atoms with van der Waals surface area (Å²) in [6.45, 7) is 3.82. The first-order valence-corrected chi connectivity index (χ1v) is 8.84. The van der Waals surface area contributed by atoms with Gasteiger partial charge in [0.2, 0.25) is 0 Å². The van der Waals surface area contributed by atoms with Crippen molar-refractivity contribution in [2.75, 3.05) is 0 Å². The molecule has 140 valence electrons. The number of nitrogens with one attached hydrogen (secondary N) is 1. The molecule has 1 N–H and O–H groups in total. The van der Waals surface area contributed by atoms with Gasteiger partial charge in [0.1, 0.15) is 12.1 Å². The number of nitrogens with zero attached hydrogens (tertiary/aromatic N) is 4. The average Bonchev–Trinajstić information content (AvgIpc) is 3.17. The van der Waals surface area contributed by atoms with Crippen LogP contribution in [0, 0.1) is 12.7 Å². The Morgan fingerprint density at radius 2 is 1.93 bits per heavy atom. The van der Waals surface area contributed by atoms with Crippen LogP contribution in [0.1, 0.15) is 34.6 Å². The Morgan fingerprint density at radius 3 is 2.64 bits per heavy atom. The van der Waals surface area contributed by atoms with E-state index < -0.39 is 5.82 Å². The molecule has 0 aliphatic carbocycles. The van der Waals surface area contributed by atoms with E-state index in [9.17, 15) is 9.18 Å². The Morgan fingerprint density at radius 1 is 1.14 bits per heavy atom. The van der Waals surface area contributed by atoms with Crippen molar-refractivity contribution in [3.63, 3.8) is 0 Å². The predicted octanol–water partition coefficient (Wildman–Crippen LogP) is 3.73. The molecule has 0 aliphatic heterocycles. The molecule has 7 heteroatoms. The number of fused-ring (bicyclic) bond motifs is 1. The number of carbonyl (C=O) groups excluding carboxylic acids is 1. The zero-order valence-electron chi connectivity index (χ0n) is 15.4. The number of aryl methyl sites for hydroxylation is 1. The van der Waals surface area contributed by atoms with Crippen LogP contribution in [-0.2, 0) is 0 Å². The molecule has 0 fully saturated rings. The number of benzene rings is 1. The molecule has 4 aromatic rings. The molecule has 0 saturated carbocycles. The molecule has 0 aliphatic rings. The fourth-order valence-corrected chi connectivity index (χ4v) is 3.00. The van der Waals surface area contributed by atoms with Gasteiger partial charge in [-0.05, 0) is 43.7 Å². The number of amides is 1. The average molecular weight is 375 g/mol. The van der Waals surface area contributed by atoms with Gasteiger partial charge in [-0.25, -0.2) is 4.39 Å². The summed E-state index contributed by atoms with van der Waals surface area (Å²) >= 11 is 0. The van der Waals surface area contributed by atoms with Gasteiger partial charge >= 0.3 is 0 Å². The first-order chi connectivity index (χ1) is 13.5. The largest absolute Gasteiger partial charge is 0.344 e. The molecule has 28 heavy (non-hydrogen) atoms. The number of hydrogen-bond donors (Lipinski definition) is 1. The van der Waals surface area contributed by atoms with Crippen molar-refractivity contribution in [3.8, 4) is 11.3 Å².